The fourth-order valence-corrected chi connectivity index (χ4v) is 5.12. The van der Waals surface area contributed by atoms with Gasteiger partial charge in [-0.05, 0) is 42.6 Å². The molecule has 0 saturated carbocycles. The van der Waals surface area contributed by atoms with Crippen molar-refractivity contribution in [3.63, 3.8) is 0 Å². The first kappa shape index (κ1) is 19.4. The van der Waals surface area contributed by atoms with E-state index in [9.17, 15) is 9.59 Å². The van der Waals surface area contributed by atoms with Gasteiger partial charge in [0.05, 0.1) is 17.4 Å². The summed E-state index contributed by atoms with van der Waals surface area (Å²) in [6, 6.07) is 13.3. The van der Waals surface area contributed by atoms with Crippen LogP contribution >= 0.6 is 22.7 Å². The maximum Gasteiger partial charge on any atom is 0.263 e. The van der Waals surface area contributed by atoms with E-state index in [-0.39, 0.29) is 18.0 Å². The molecule has 0 fully saturated rings. The zero-order chi connectivity index (χ0) is 21.4. The van der Waals surface area contributed by atoms with Crippen molar-refractivity contribution >= 4 is 44.5 Å². The second-order valence-corrected chi connectivity index (χ2v) is 8.77. The predicted octanol–water partition coefficient (Wildman–Crippen LogP) is 4.32. The highest BCUT2D eigenvalue weighted by molar-refractivity contribution is 7.18. The standard InChI is InChI=1S/C22H17N5O2S2/c1-14-7-8-24-27(14)16-5-2-4-15(10-16)25-19(28)11-26-13-23-21-20(22(26)29)17(12-31-21)18-6-3-9-30-18/h2-10,12-13H,11H2,1H3,(H,25,28). The third kappa shape index (κ3) is 3.69. The van der Waals surface area contributed by atoms with Crippen molar-refractivity contribution in [2.75, 3.05) is 5.32 Å². The quantitative estimate of drug-likeness (QED) is 0.435. The fraction of sp³-hybridized carbons (Fsp3) is 0.0909. The molecular weight excluding hydrogens is 430 g/mol. The first-order valence-electron chi connectivity index (χ1n) is 9.51. The number of amides is 1. The first-order valence-corrected chi connectivity index (χ1v) is 11.3. The third-order valence-corrected chi connectivity index (χ3v) is 6.66. The Hall–Kier alpha value is -3.56. The van der Waals surface area contributed by atoms with Crippen LogP contribution in [0, 0.1) is 6.92 Å². The molecule has 9 heteroatoms. The van der Waals surface area contributed by atoms with Gasteiger partial charge in [0.25, 0.3) is 5.56 Å². The molecule has 4 aromatic heterocycles. The van der Waals surface area contributed by atoms with Gasteiger partial charge in [0.1, 0.15) is 11.4 Å². The number of hydrogen-bond acceptors (Lipinski definition) is 6. The van der Waals surface area contributed by atoms with E-state index in [0.717, 1.165) is 21.8 Å². The lowest BCUT2D eigenvalue weighted by molar-refractivity contribution is -0.116. The van der Waals surface area contributed by atoms with Crippen molar-refractivity contribution in [3.8, 4) is 16.1 Å². The molecule has 1 N–H and O–H groups in total. The van der Waals surface area contributed by atoms with Gasteiger partial charge in [-0.15, -0.1) is 22.7 Å². The van der Waals surface area contributed by atoms with E-state index >= 15 is 0 Å². The topological polar surface area (TPSA) is 81.8 Å². The van der Waals surface area contributed by atoms with Crippen LogP contribution < -0.4 is 10.9 Å². The average molecular weight is 448 g/mol. The van der Waals surface area contributed by atoms with Crippen molar-refractivity contribution in [1.82, 2.24) is 19.3 Å². The van der Waals surface area contributed by atoms with Gasteiger partial charge in [0.2, 0.25) is 5.91 Å². The summed E-state index contributed by atoms with van der Waals surface area (Å²) >= 11 is 3.00. The molecule has 0 unspecified atom stereocenters. The van der Waals surface area contributed by atoms with E-state index in [0.29, 0.717) is 15.9 Å². The van der Waals surface area contributed by atoms with Crippen molar-refractivity contribution in [2.24, 2.45) is 0 Å². The Kier molecular flexibility index (Phi) is 4.97. The monoisotopic (exact) mass is 447 g/mol. The molecule has 0 saturated heterocycles. The van der Waals surface area contributed by atoms with E-state index in [1.807, 2.05) is 54.1 Å². The number of fused-ring (bicyclic) bond motifs is 1. The van der Waals surface area contributed by atoms with Crippen LogP contribution in [0.2, 0.25) is 0 Å². The Balaban J connectivity index is 1.40. The minimum atomic E-state index is -0.300. The molecule has 5 rings (SSSR count). The Morgan fingerprint density at radius 1 is 1.16 bits per heavy atom. The number of nitrogens with zero attached hydrogens (tertiary/aromatic N) is 4. The minimum absolute atomic E-state index is 0.119. The van der Waals surface area contributed by atoms with Crippen molar-refractivity contribution < 1.29 is 4.79 Å². The molecule has 31 heavy (non-hydrogen) atoms. The molecule has 1 aromatic carbocycles. The molecule has 5 aromatic rings. The zero-order valence-corrected chi connectivity index (χ0v) is 18.1. The summed E-state index contributed by atoms with van der Waals surface area (Å²) in [6.45, 7) is 1.84. The molecule has 0 aliphatic carbocycles. The molecule has 154 valence electrons. The first-order chi connectivity index (χ1) is 15.1. The number of rotatable bonds is 5. The maximum atomic E-state index is 13.1. The second kappa shape index (κ2) is 7.93. The Bertz CT molecular complexity index is 1450. The molecule has 4 heterocycles. The van der Waals surface area contributed by atoms with Crippen LogP contribution in [0.4, 0.5) is 5.69 Å². The van der Waals surface area contributed by atoms with Gasteiger partial charge < -0.3 is 5.32 Å². The Morgan fingerprint density at radius 2 is 2.06 bits per heavy atom. The van der Waals surface area contributed by atoms with Crippen LogP contribution in [-0.4, -0.2) is 25.2 Å². The van der Waals surface area contributed by atoms with Crippen molar-refractivity contribution in [1.29, 1.82) is 0 Å². The minimum Gasteiger partial charge on any atom is -0.324 e. The smallest absolute Gasteiger partial charge is 0.263 e. The summed E-state index contributed by atoms with van der Waals surface area (Å²) in [5.41, 5.74) is 3.12. The summed E-state index contributed by atoms with van der Waals surface area (Å²) in [5.74, 6) is -0.300. The summed E-state index contributed by atoms with van der Waals surface area (Å²) in [6.07, 6.45) is 3.16. The van der Waals surface area contributed by atoms with Gasteiger partial charge in [0.15, 0.2) is 0 Å². The zero-order valence-electron chi connectivity index (χ0n) is 16.5. The average Bonchev–Trinajstić information content (AvgIpc) is 3.50. The molecule has 0 aliphatic heterocycles. The normalized spacial score (nSPS) is 11.1. The number of anilines is 1. The molecule has 1 amide bonds. The number of aromatic nitrogens is 4. The number of benzene rings is 1. The van der Waals surface area contributed by atoms with Gasteiger partial charge in [-0.25, -0.2) is 9.67 Å². The Morgan fingerprint density at radius 3 is 2.84 bits per heavy atom. The number of aryl methyl sites for hydroxylation is 1. The van der Waals surface area contributed by atoms with E-state index in [2.05, 4.69) is 15.4 Å². The van der Waals surface area contributed by atoms with Crippen molar-refractivity contribution in [2.45, 2.75) is 13.5 Å². The van der Waals surface area contributed by atoms with Crippen LogP contribution in [-0.2, 0) is 11.3 Å². The molecule has 0 radical (unpaired) electrons. The highest BCUT2D eigenvalue weighted by Crippen LogP contribution is 2.33. The molecule has 0 spiro atoms. The lowest BCUT2D eigenvalue weighted by Gasteiger charge is -2.10. The van der Waals surface area contributed by atoms with Crippen LogP contribution in [0.1, 0.15) is 5.69 Å². The van der Waals surface area contributed by atoms with E-state index in [1.165, 1.54) is 22.2 Å². The van der Waals surface area contributed by atoms with Crippen molar-refractivity contribution in [3.05, 3.63) is 81.8 Å². The summed E-state index contributed by atoms with van der Waals surface area (Å²) < 4.78 is 3.14. The van der Waals surface area contributed by atoms with Gasteiger partial charge in [-0.3, -0.25) is 14.2 Å². The van der Waals surface area contributed by atoms with Crippen LogP contribution in [0.25, 0.3) is 26.3 Å². The SMILES string of the molecule is Cc1ccnn1-c1cccc(NC(=O)Cn2cnc3scc(-c4cccs4)c3c2=O)c1. The van der Waals surface area contributed by atoms with Crippen LogP contribution in [0.3, 0.4) is 0 Å². The fourth-order valence-electron chi connectivity index (χ4n) is 3.40. The Labute approximate surface area is 185 Å². The van der Waals surface area contributed by atoms with Gasteiger partial charge in [-0.2, -0.15) is 5.10 Å². The number of hydrogen-bond donors (Lipinski definition) is 1. The van der Waals surface area contributed by atoms with E-state index in [4.69, 9.17) is 0 Å². The summed E-state index contributed by atoms with van der Waals surface area (Å²) in [7, 11) is 0. The maximum absolute atomic E-state index is 13.1. The van der Waals surface area contributed by atoms with Gasteiger partial charge in [-0.1, -0.05) is 12.1 Å². The molecule has 0 aliphatic rings. The highest BCUT2D eigenvalue weighted by atomic mass is 32.1. The highest BCUT2D eigenvalue weighted by Gasteiger charge is 2.15. The van der Waals surface area contributed by atoms with E-state index in [1.54, 1.807) is 28.3 Å². The molecule has 7 nitrogen and oxygen atoms in total. The summed E-state index contributed by atoms with van der Waals surface area (Å²) in [4.78, 5) is 31.8. The molecule has 0 atom stereocenters. The van der Waals surface area contributed by atoms with E-state index < -0.39 is 0 Å². The number of carbonyl (C=O) groups is 1. The van der Waals surface area contributed by atoms with Gasteiger partial charge in [0, 0.05) is 33.4 Å². The van der Waals surface area contributed by atoms with Gasteiger partial charge >= 0.3 is 0 Å². The third-order valence-electron chi connectivity index (χ3n) is 4.87. The van der Waals surface area contributed by atoms with Crippen LogP contribution in [0.5, 0.6) is 0 Å². The van der Waals surface area contributed by atoms with Crippen LogP contribution in [0.15, 0.2) is 70.5 Å². The second-order valence-electron chi connectivity index (χ2n) is 6.97. The summed E-state index contributed by atoms with van der Waals surface area (Å²) in [5, 5.41) is 11.6. The molecular formula is C22H17N5O2S2. The lowest BCUT2D eigenvalue weighted by atomic mass is 10.2. The number of nitrogens with one attached hydrogen (secondary N) is 1. The lowest BCUT2D eigenvalue weighted by Crippen LogP contribution is -2.27. The predicted molar refractivity (Wildman–Crippen MR) is 124 cm³/mol. The number of carbonyl (C=O) groups excluding carboxylic acids is 1. The number of thiophene rings is 2. The molecule has 0 bridgehead atoms. The largest absolute Gasteiger partial charge is 0.324 e.